The Morgan fingerprint density at radius 3 is 1.15 bits per heavy atom. The van der Waals surface area contributed by atoms with Gasteiger partial charge >= 0.3 is 29.6 Å². The molecule has 6 rings (SSSR count). The fourth-order valence-electron chi connectivity index (χ4n) is 4.83. The number of nitrogens with two attached hydrogens (primary N) is 2. The molecule has 0 saturated carbocycles. The number of nitrogens with zero attached hydrogens (tertiary/aromatic N) is 4. The van der Waals surface area contributed by atoms with Gasteiger partial charge in [-0.3, -0.25) is 9.11 Å². The van der Waals surface area contributed by atoms with Crippen LogP contribution in [0.25, 0.3) is 32.7 Å². The second-order valence-corrected chi connectivity index (χ2v) is 13.0. The van der Waals surface area contributed by atoms with Crippen molar-refractivity contribution in [1.82, 2.24) is 0 Å². The van der Waals surface area contributed by atoms with E-state index in [-0.39, 0.29) is 39.3 Å². The summed E-state index contributed by atoms with van der Waals surface area (Å²) in [5, 5.41) is 19.3. The Bertz CT molecular complexity index is 2260. The molecule has 0 aliphatic carbocycles. The molecule has 0 saturated heterocycles. The number of nitrogen functional groups attached to an aromatic ring is 2. The van der Waals surface area contributed by atoms with E-state index in [0.717, 1.165) is 11.1 Å². The molecule has 6 aromatic carbocycles. The number of rotatable bonds is 7. The van der Waals surface area contributed by atoms with Gasteiger partial charge in [-0.25, -0.2) is 0 Å². The molecule has 47 heavy (non-hydrogen) atoms. The van der Waals surface area contributed by atoms with Crippen molar-refractivity contribution in [3.05, 3.63) is 109 Å². The van der Waals surface area contributed by atoms with Gasteiger partial charge in [0.1, 0.15) is 0 Å². The molecule has 0 unspecified atom stereocenters. The number of azo groups is 2. The van der Waals surface area contributed by atoms with Crippen LogP contribution in [-0.4, -0.2) is 25.9 Å². The molecule has 230 valence electrons. The summed E-state index contributed by atoms with van der Waals surface area (Å²) in [6, 6.07) is 29.6. The minimum Gasteiger partial charge on any atom is -0.398 e. The summed E-state index contributed by atoms with van der Waals surface area (Å²) < 4.78 is 64.9. The molecule has 0 radical (unpaired) electrons. The maximum absolute atomic E-state index is 11.5. The maximum Gasteiger partial charge on any atom is 1.00 e. The molecule has 0 amide bonds. The quantitative estimate of drug-likeness (QED) is 0.0767. The van der Waals surface area contributed by atoms with E-state index >= 15 is 0 Å². The van der Waals surface area contributed by atoms with Gasteiger partial charge in [-0.2, -0.15) is 27.1 Å². The van der Waals surface area contributed by atoms with Crippen LogP contribution in [0.15, 0.2) is 139 Å². The van der Waals surface area contributed by atoms with E-state index < -0.39 is 20.2 Å². The Morgan fingerprint density at radius 1 is 0.447 bits per heavy atom. The van der Waals surface area contributed by atoms with E-state index in [0.29, 0.717) is 55.7 Å². The monoisotopic (exact) mass is 675 g/mol. The van der Waals surface area contributed by atoms with Crippen molar-refractivity contribution >= 4 is 75.9 Å². The zero-order valence-corrected chi connectivity index (χ0v) is 28.3. The Morgan fingerprint density at radius 2 is 0.809 bits per heavy atom. The van der Waals surface area contributed by atoms with Crippen LogP contribution in [0.2, 0.25) is 0 Å². The van der Waals surface area contributed by atoms with Crippen LogP contribution >= 0.6 is 0 Å². The van der Waals surface area contributed by atoms with Crippen LogP contribution in [0.3, 0.4) is 0 Å². The third-order valence-electron chi connectivity index (χ3n) is 7.21. The first-order chi connectivity index (χ1) is 21.9. The third-order valence-corrected chi connectivity index (χ3v) is 8.91. The van der Waals surface area contributed by atoms with Crippen molar-refractivity contribution in [2.75, 3.05) is 11.5 Å². The Labute approximate surface area is 291 Å². The maximum atomic E-state index is 11.5. The Balaban J connectivity index is 0.00000433. The predicted molar refractivity (Wildman–Crippen MR) is 177 cm³/mol. The number of anilines is 2. The molecule has 0 aliphatic heterocycles. The fraction of sp³-hybridized carbons (Fsp3) is 0. The SMILES string of the molecule is Nc1ccc(N=Nc2ccc(-c3ccc(N=Nc4ccc(N)c5cc(S(=O)(=O)O)ccc45)cc3)cc2)c2ccc(S(=O)(=O)O)cc12.[Na+]. The molecule has 0 fully saturated rings. The van der Waals surface area contributed by atoms with Gasteiger partial charge in [-0.05, 0) is 83.9 Å². The number of hydrogen-bond donors (Lipinski definition) is 4. The summed E-state index contributed by atoms with van der Waals surface area (Å²) in [4.78, 5) is -0.524. The molecular formula is C32H24N6NaO6S2+. The second kappa shape index (κ2) is 13.3. The third kappa shape index (κ3) is 7.39. The summed E-state index contributed by atoms with van der Waals surface area (Å²) in [6.45, 7) is 0. The number of benzene rings is 6. The van der Waals surface area contributed by atoms with Gasteiger partial charge in [0.05, 0.1) is 32.5 Å². The van der Waals surface area contributed by atoms with E-state index in [1.54, 1.807) is 24.3 Å². The summed E-state index contributed by atoms with van der Waals surface area (Å²) >= 11 is 0. The van der Waals surface area contributed by atoms with Crippen LogP contribution in [0.5, 0.6) is 0 Å². The molecule has 0 bridgehead atoms. The normalized spacial score (nSPS) is 12.2. The van der Waals surface area contributed by atoms with Crippen molar-refractivity contribution in [2.45, 2.75) is 9.79 Å². The smallest absolute Gasteiger partial charge is 0.398 e. The molecule has 6 aromatic rings. The Kier molecular flexibility index (Phi) is 9.56. The average molecular weight is 676 g/mol. The van der Waals surface area contributed by atoms with Crippen molar-refractivity contribution in [2.24, 2.45) is 20.5 Å². The van der Waals surface area contributed by atoms with E-state index in [2.05, 4.69) is 20.5 Å². The van der Waals surface area contributed by atoms with Gasteiger partial charge in [0.2, 0.25) is 0 Å². The summed E-state index contributed by atoms with van der Waals surface area (Å²) in [6.07, 6.45) is 0. The topological polar surface area (TPSA) is 210 Å². The zero-order valence-electron chi connectivity index (χ0n) is 24.7. The molecule has 0 atom stereocenters. The van der Waals surface area contributed by atoms with E-state index in [1.807, 2.05) is 48.5 Å². The van der Waals surface area contributed by atoms with Crippen molar-refractivity contribution in [3.8, 4) is 11.1 Å². The van der Waals surface area contributed by atoms with E-state index in [9.17, 15) is 25.9 Å². The van der Waals surface area contributed by atoms with Gasteiger partial charge in [-0.15, -0.1) is 10.2 Å². The summed E-state index contributed by atoms with van der Waals surface area (Å²) in [5.74, 6) is 0. The summed E-state index contributed by atoms with van der Waals surface area (Å²) in [5.41, 5.74) is 16.7. The van der Waals surface area contributed by atoms with Crippen LogP contribution in [0.1, 0.15) is 0 Å². The second-order valence-electron chi connectivity index (χ2n) is 10.2. The van der Waals surface area contributed by atoms with Crippen LogP contribution in [-0.2, 0) is 20.2 Å². The van der Waals surface area contributed by atoms with E-state index in [1.165, 1.54) is 36.4 Å². The predicted octanol–water partition coefficient (Wildman–Crippen LogP) is 5.15. The largest absolute Gasteiger partial charge is 1.00 e. The van der Waals surface area contributed by atoms with Crippen molar-refractivity contribution in [3.63, 3.8) is 0 Å². The fourth-order valence-corrected chi connectivity index (χ4v) is 5.84. The molecule has 0 aromatic heterocycles. The Hall–Kier alpha value is -4.54. The number of hydrogen-bond acceptors (Lipinski definition) is 10. The minimum absolute atomic E-state index is 0. The first-order valence-electron chi connectivity index (χ1n) is 13.5. The molecule has 12 nitrogen and oxygen atoms in total. The molecular weight excluding hydrogens is 652 g/mol. The van der Waals surface area contributed by atoms with Crippen LogP contribution < -0.4 is 41.0 Å². The van der Waals surface area contributed by atoms with Gasteiger partial charge in [-0.1, -0.05) is 36.4 Å². The first-order valence-corrected chi connectivity index (χ1v) is 16.4. The zero-order chi connectivity index (χ0) is 32.6. The number of fused-ring (bicyclic) bond motifs is 2. The van der Waals surface area contributed by atoms with Gasteiger partial charge in [0.15, 0.2) is 0 Å². The molecule has 15 heteroatoms. The first kappa shape index (κ1) is 33.8. The van der Waals surface area contributed by atoms with Gasteiger partial charge < -0.3 is 11.5 Å². The molecule has 0 aliphatic rings. The van der Waals surface area contributed by atoms with E-state index in [4.69, 9.17) is 11.5 Å². The molecule has 6 N–H and O–H groups in total. The van der Waals surface area contributed by atoms with Gasteiger partial charge in [0.25, 0.3) is 20.2 Å². The molecule has 0 heterocycles. The van der Waals surface area contributed by atoms with Crippen molar-refractivity contribution < 1.29 is 55.5 Å². The van der Waals surface area contributed by atoms with Gasteiger partial charge in [0, 0.05) is 32.9 Å². The van der Waals surface area contributed by atoms with Crippen LogP contribution in [0, 0.1) is 0 Å². The minimum atomic E-state index is -4.38. The van der Waals surface area contributed by atoms with Crippen LogP contribution in [0.4, 0.5) is 34.1 Å². The van der Waals surface area contributed by atoms with Crippen molar-refractivity contribution in [1.29, 1.82) is 0 Å². The summed E-state index contributed by atoms with van der Waals surface area (Å²) in [7, 11) is -8.76. The molecule has 0 spiro atoms. The standard InChI is InChI=1S/C32H24N6O6S2.Na/c33-29-13-15-31(25-11-9-23(17-27(25)29)45(39,40)41)37-35-21-5-1-19(2-6-21)20-3-7-22(8-4-20)36-38-32-16-14-30(34)28-18-24(46(42,43)44)10-12-26(28)32;/h1-18H,33-34H2,(H,39,40,41)(H,42,43,44);/q;+1. The average Bonchev–Trinajstić information content (AvgIpc) is 3.04.